The summed E-state index contributed by atoms with van der Waals surface area (Å²) >= 11 is 0. The zero-order chi connectivity index (χ0) is 24.1. The van der Waals surface area contributed by atoms with Crippen LogP contribution in [0.4, 0.5) is 0 Å². The van der Waals surface area contributed by atoms with Gasteiger partial charge in [0.1, 0.15) is 11.4 Å². The molecule has 0 bridgehead atoms. The molecule has 0 atom stereocenters. The van der Waals surface area contributed by atoms with Crippen molar-refractivity contribution in [3.63, 3.8) is 0 Å². The minimum atomic E-state index is -0.147. The third-order valence-electron chi connectivity index (χ3n) is 5.57. The largest absolute Gasteiger partial charge is 0.568 e. The Labute approximate surface area is 199 Å². The van der Waals surface area contributed by atoms with Crippen molar-refractivity contribution >= 4 is 8.05 Å². The quantitative estimate of drug-likeness (QED) is 0.240. The molecule has 7 heteroatoms. The first kappa shape index (κ1) is 22.9. The lowest BCUT2D eigenvalue weighted by atomic mass is 10.1. The molecule has 2 aliphatic heterocycles. The van der Waals surface area contributed by atoms with E-state index >= 15 is 0 Å². The average molecular weight is 451 g/mol. The molecule has 0 unspecified atom stereocenters. The van der Waals surface area contributed by atoms with Gasteiger partial charge in [-0.15, -0.1) is 0 Å². The molecule has 170 valence electrons. The monoisotopic (exact) mass is 451 g/mol. The fourth-order valence-electron chi connectivity index (χ4n) is 3.77. The number of hydrogen-bond donors (Lipinski definition) is 2. The molecule has 6 nitrogen and oxygen atoms in total. The number of fused-ring (bicyclic) bond motifs is 1. The minimum Gasteiger partial charge on any atom is -0.568 e. The molecule has 0 saturated heterocycles. The van der Waals surface area contributed by atoms with E-state index in [2.05, 4.69) is 11.6 Å². The molecule has 0 saturated carbocycles. The highest BCUT2D eigenvalue weighted by molar-refractivity contribution is 5.99. The maximum atomic E-state index is 13.3. The van der Waals surface area contributed by atoms with Crippen LogP contribution in [0.25, 0.3) is 17.1 Å². The number of nitrogens with zero attached hydrogens (tertiary/aromatic N) is 2. The first-order chi connectivity index (χ1) is 16.5. The predicted octanol–water partition coefficient (Wildman–Crippen LogP) is 4.09. The molecule has 2 aromatic carbocycles. The third-order valence-corrected chi connectivity index (χ3v) is 5.57. The Bertz CT molecular complexity index is 1380. The van der Waals surface area contributed by atoms with Crippen LogP contribution in [-0.4, -0.2) is 27.7 Å². The molecule has 0 aliphatic carbocycles. The molecule has 0 amide bonds. The Kier molecular flexibility index (Phi) is 6.83. The number of phenolic OH excluding ortho intramolecular Hbond substituents is 1. The van der Waals surface area contributed by atoms with Crippen molar-refractivity contribution in [2.24, 2.45) is 0 Å². The summed E-state index contributed by atoms with van der Waals surface area (Å²) in [7, 11) is 1.59. The second kappa shape index (κ2) is 10.1. The van der Waals surface area contributed by atoms with Gasteiger partial charge in [-0.3, -0.25) is 9.36 Å². The number of H-pyrrole nitrogens is 1. The number of allylic oxidation sites excluding steroid dienone is 4. The second-order valence-electron chi connectivity index (χ2n) is 8.08. The Morgan fingerprint density at radius 3 is 2.59 bits per heavy atom. The van der Waals surface area contributed by atoms with Gasteiger partial charge in [0.2, 0.25) is 0 Å². The van der Waals surface area contributed by atoms with E-state index < -0.39 is 0 Å². The van der Waals surface area contributed by atoms with Crippen LogP contribution >= 0.6 is 0 Å². The van der Waals surface area contributed by atoms with Crippen LogP contribution < -0.4 is 5.56 Å². The zero-order valence-corrected chi connectivity index (χ0v) is 19.3. The van der Waals surface area contributed by atoms with E-state index in [-0.39, 0.29) is 11.3 Å². The molecule has 0 fully saturated rings. The van der Waals surface area contributed by atoms with Crippen molar-refractivity contribution in [2.45, 2.75) is 19.8 Å². The number of aromatic nitrogens is 3. The van der Waals surface area contributed by atoms with Crippen molar-refractivity contribution in [3.05, 3.63) is 124 Å². The Morgan fingerprint density at radius 1 is 1.18 bits per heavy atom. The molecule has 2 N–H and O–H groups in total. The van der Waals surface area contributed by atoms with E-state index in [0.717, 1.165) is 28.1 Å². The first-order valence-electron chi connectivity index (χ1n) is 11.0. The number of aromatic hydroxyl groups is 1. The lowest BCUT2D eigenvalue weighted by molar-refractivity contribution is 0.475. The van der Waals surface area contributed by atoms with E-state index in [4.69, 9.17) is 9.64 Å². The van der Waals surface area contributed by atoms with E-state index in [1.54, 1.807) is 37.0 Å². The van der Waals surface area contributed by atoms with Gasteiger partial charge in [0, 0.05) is 19.0 Å². The fraction of sp³-hybridized carbons (Fsp3) is 0.111. The standard InChI is InChI=1S/C27H26BN3O3/c1-3-22(34-28)14-9-18(2)15-24-27(33)31-17-25(20-10-12-21(32)13-11-20)29-23(26(31)30-24)16-19-7-5-4-6-8-19/h3-14,17,29,32H,1,15-16,28H2,2H3/b18-9+,22-14+. The molecule has 2 aliphatic rings. The number of aromatic amines is 1. The molecule has 0 aromatic heterocycles. The highest BCUT2D eigenvalue weighted by atomic mass is 16.4. The number of benzene rings is 2. The molecule has 0 radical (unpaired) electrons. The molecule has 2 aromatic rings. The maximum Gasteiger partial charge on any atom is 0.322 e. The molecule has 0 spiro atoms. The van der Waals surface area contributed by atoms with Gasteiger partial charge >= 0.3 is 8.05 Å². The van der Waals surface area contributed by atoms with Crippen LogP contribution in [0.2, 0.25) is 0 Å². The predicted molar refractivity (Wildman–Crippen MR) is 137 cm³/mol. The summed E-state index contributed by atoms with van der Waals surface area (Å²) in [6.07, 6.45) is 8.15. The fourth-order valence-corrected chi connectivity index (χ4v) is 3.77. The molecular formula is C27H26BN3O3. The second-order valence-corrected chi connectivity index (χ2v) is 8.08. The smallest absolute Gasteiger partial charge is 0.322 e. The summed E-state index contributed by atoms with van der Waals surface area (Å²) in [5.74, 6) is 1.45. The number of hydrogen-bond acceptors (Lipinski definition) is 4. The zero-order valence-electron chi connectivity index (χ0n) is 19.3. The van der Waals surface area contributed by atoms with Gasteiger partial charge in [-0.05, 0) is 54.5 Å². The SMILES string of the molecule is BO/C(C=C)=C/C=C(\C)Cc1nc2c(Cc3ccccc3)[nH]c(-c3ccc(O)cc3)cn-2c1=O. The highest BCUT2D eigenvalue weighted by Gasteiger charge is 2.20. The van der Waals surface area contributed by atoms with Crippen LogP contribution in [0.1, 0.15) is 23.9 Å². The summed E-state index contributed by atoms with van der Waals surface area (Å²) in [6, 6.07) is 16.9. The van der Waals surface area contributed by atoms with Gasteiger partial charge in [0.15, 0.2) is 5.82 Å². The number of nitrogens with one attached hydrogen (secondary N) is 1. The third kappa shape index (κ3) is 5.04. The van der Waals surface area contributed by atoms with E-state index in [1.165, 1.54) is 0 Å². The summed E-state index contributed by atoms with van der Waals surface area (Å²) < 4.78 is 6.81. The summed E-state index contributed by atoms with van der Waals surface area (Å²) in [4.78, 5) is 21.5. The topological polar surface area (TPSA) is 80.1 Å². The minimum absolute atomic E-state index is 0.147. The van der Waals surface area contributed by atoms with Crippen LogP contribution in [0.15, 0.2) is 102 Å². The number of phenols is 1. The molecule has 4 rings (SSSR count). The van der Waals surface area contributed by atoms with Crippen molar-refractivity contribution < 1.29 is 9.76 Å². The van der Waals surface area contributed by atoms with Crippen LogP contribution in [0.5, 0.6) is 5.75 Å². The van der Waals surface area contributed by atoms with Crippen LogP contribution in [-0.2, 0) is 17.5 Å². The van der Waals surface area contributed by atoms with Gasteiger partial charge in [0.05, 0.1) is 17.1 Å². The van der Waals surface area contributed by atoms with E-state index in [9.17, 15) is 9.90 Å². The first-order valence-corrected chi connectivity index (χ1v) is 11.0. The van der Waals surface area contributed by atoms with E-state index in [1.807, 2.05) is 61.5 Å². The molecular weight excluding hydrogens is 425 g/mol. The Morgan fingerprint density at radius 2 is 1.91 bits per heavy atom. The summed E-state index contributed by atoms with van der Waals surface area (Å²) in [5.41, 5.74) is 4.89. The average Bonchev–Trinajstić information content (AvgIpc) is 3.16. The van der Waals surface area contributed by atoms with Crippen molar-refractivity contribution in [1.29, 1.82) is 0 Å². The maximum absolute atomic E-state index is 13.3. The van der Waals surface area contributed by atoms with Crippen molar-refractivity contribution in [1.82, 2.24) is 14.5 Å². The van der Waals surface area contributed by atoms with Crippen LogP contribution in [0.3, 0.4) is 0 Å². The summed E-state index contributed by atoms with van der Waals surface area (Å²) in [5, 5.41) is 9.67. The molecule has 34 heavy (non-hydrogen) atoms. The van der Waals surface area contributed by atoms with Gasteiger partial charge in [-0.2, -0.15) is 0 Å². The van der Waals surface area contributed by atoms with Gasteiger partial charge in [-0.25, -0.2) is 4.98 Å². The Hall–Kier alpha value is -4.26. The van der Waals surface area contributed by atoms with E-state index in [0.29, 0.717) is 30.1 Å². The normalized spacial score (nSPS) is 12.1. The lowest BCUT2D eigenvalue weighted by Crippen LogP contribution is -2.17. The van der Waals surface area contributed by atoms with Gasteiger partial charge < -0.3 is 14.7 Å². The Balaban J connectivity index is 1.79. The van der Waals surface area contributed by atoms with Gasteiger partial charge in [-0.1, -0.05) is 48.6 Å². The number of imidazole rings is 1. The van der Waals surface area contributed by atoms with Crippen molar-refractivity contribution in [2.75, 3.05) is 0 Å². The molecule has 2 heterocycles. The van der Waals surface area contributed by atoms with Crippen molar-refractivity contribution in [3.8, 4) is 22.8 Å². The van der Waals surface area contributed by atoms with Crippen LogP contribution in [0, 0.1) is 0 Å². The number of rotatable bonds is 8. The van der Waals surface area contributed by atoms with Gasteiger partial charge in [0.25, 0.3) is 5.56 Å². The lowest BCUT2D eigenvalue weighted by Gasteiger charge is -2.13. The highest BCUT2D eigenvalue weighted by Crippen LogP contribution is 2.25. The summed E-state index contributed by atoms with van der Waals surface area (Å²) in [6.45, 7) is 5.67.